The van der Waals surface area contributed by atoms with Crippen molar-refractivity contribution in [2.75, 3.05) is 26.7 Å². The zero-order chi connectivity index (χ0) is 13.7. The Morgan fingerprint density at radius 2 is 1.94 bits per heavy atom. The standard InChI is InChI=1S/C14H29N3O/c1-11(2)16(5)14(18)10-17(12(3)4)9-13-7-6-8-15-13/h11-13,15H,6-10H2,1-5H3. The van der Waals surface area contributed by atoms with Crippen LogP contribution in [0.4, 0.5) is 0 Å². The average molecular weight is 255 g/mol. The third-order valence-electron chi connectivity index (χ3n) is 3.85. The minimum Gasteiger partial charge on any atom is -0.342 e. The first kappa shape index (κ1) is 15.4. The lowest BCUT2D eigenvalue weighted by atomic mass is 10.2. The van der Waals surface area contributed by atoms with Crippen molar-refractivity contribution < 1.29 is 4.79 Å². The zero-order valence-corrected chi connectivity index (χ0v) is 12.6. The van der Waals surface area contributed by atoms with E-state index in [1.807, 2.05) is 11.9 Å². The van der Waals surface area contributed by atoms with E-state index in [-0.39, 0.29) is 11.9 Å². The van der Waals surface area contributed by atoms with Crippen molar-refractivity contribution in [2.24, 2.45) is 0 Å². The van der Waals surface area contributed by atoms with Crippen molar-refractivity contribution >= 4 is 5.91 Å². The highest BCUT2D eigenvalue weighted by atomic mass is 16.2. The first-order valence-electron chi connectivity index (χ1n) is 7.15. The molecule has 1 N–H and O–H groups in total. The molecule has 1 fully saturated rings. The molecule has 0 aromatic rings. The van der Waals surface area contributed by atoms with Crippen molar-refractivity contribution in [1.29, 1.82) is 0 Å². The topological polar surface area (TPSA) is 35.6 Å². The predicted molar refractivity (Wildman–Crippen MR) is 75.6 cm³/mol. The van der Waals surface area contributed by atoms with Gasteiger partial charge >= 0.3 is 0 Å². The molecule has 0 radical (unpaired) electrons. The van der Waals surface area contributed by atoms with Crippen LogP contribution in [0, 0.1) is 0 Å². The maximum absolute atomic E-state index is 12.1. The maximum atomic E-state index is 12.1. The molecule has 0 saturated carbocycles. The third kappa shape index (κ3) is 4.58. The number of hydrogen-bond donors (Lipinski definition) is 1. The van der Waals surface area contributed by atoms with Gasteiger partial charge in [-0.15, -0.1) is 0 Å². The van der Waals surface area contributed by atoms with E-state index in [2.05, 4.69) is 37.9 Å². The molecule has 106 valence electrons. The number of likely N-dealkylation sites (N-methyl/N-ethyl adjacent to an activating group) is 1. The van der Waals surface area contributed by atoms with Crippen LogP contribution in [0.1, 0.15) is 40.5 Å². The van der Waals surface area contributed by atoms with Gasteiger partial charge in [-0.1, -0.05) is 0 Å². The van der Waals surface area contributed by atoms with Crippen molar-refractivity contribution in [3.63, 3.8) is 0 Å². The Hall–Kier alpha value is -0.610. The normalized spacial score (nSPS) is 20.1. The van der Waals surface area contributed by atoms with Crippen LogP contribution >= 0.6 is 0 Å². The second-order valence-corrected chi connectivity index (χ2v) is 5.91. The van der Waals surface area contributed by atoms with Crippen molar-refractivity contribution in [1.82, 2.24) is 15.1 Å². The molecular weight excluding hydrogens is 226 g/mol. The van der Waals surface area contributed by atoms with E-state index >= 15 is 0 Å². The Morgan fingerprint density at radius 1 is 1.28 bits per heavy atom. The first-order valence-corrected chi connectivity index (χ1v) is 7.15. The fraction of sp³-hybridized carbons (Fsp3) is 0.929. The predicted octanol–water partition coefficient (Wildman–Crippen LogP) is 1.32. The van der Waals surface area contributed by atoms with Crippen molar-refractivity contribution in [3.8, 4) is 0 Å². The number of nitrogens with one attached hydrogen (secondary N) is 1. The molecular formula is C14H29N3O. The summed E-state index contributed by atoms with van der Waals surface area (Å²) in [4.78, 5) is 16.2. The van der Waals surface area contributed by atoms with E-state index in [0.717, 1.165) is 13.1 Å². The molecule has 4 nitrogen and oxygen atoms in total. The molecule has 1 rings (SSSR count). The number of rotatable bonds is 6. The number of amides is 1. The van der Waals surface area contributed by atoms with Gasteiger partial charge in [0.1, 0.15) is 0 Å². The van der Waals surface area contributed by atoms with E-state index in [4.69, 9.17) is 0 Å². The highest BCUT2D eigenvalue weighted by molar-refractivity contribution is 5.78. The molecule has 4 heteroatoms. The summed E-state index contributed by atoms with van der Waals surface area (Å²) in [5.41, 5.74) is 0. The van der Waals surface area contributed by atoms with Gasteiger partial charge in [0, 0.05) is 31.7 Å². The number of nitrogens with zero attached hydrogens (tertiary/aromatic N) is 2. The summed E-state index contributed by atoms with van der Waals surface area (Å²) in [5, 5.41) is 3.50. The Labute approximate surface area is 112 Å². The van der Waals surface area contributed by atoms with Gasteiger partial charge < -0.3 is 10.2 Å². The molecule has 1 aliphatic rings. The van der Waals surface area contributed by atoms with Gasteiger partial charge in [-0.2, -0.15) is 0 Å². The molecule has 1 unspecified atom stereocenters. The van der Waals surface area contributed by atoms with Gasteiger partial charge in [0.15, 0.2) is 0 Å². The van der Waals surface area contributed by atoms with Crippen LogP contribution in [0.25, 0.3) is 0 Å². The number of carbonyl (C=O) groups is 1. The van der Waals surface area contributed by atoms with Crippen LogP contribution < -0.4 is 5.32 Å². The molecule has 1 atom stereocenters. The van der Waals surface area contributed by atoms with Crippen LogP contribution in [-0.2, 0) is 4.79 Å². The molecule has 0 aromatic carbocycles. The SMILES string of the molecule is CC(C)N(CC(=O)N(C)C(C)C)CC1CCCN1. The number of carbonyl (C=O) groups excluding carboxylic acids is 1. The summed E-state index contributed by atoms with van der Waals surface area (Å²) in [7, 11) is 1.89. The molecule has 0 spiro atoms. The summed E-state index contributed by atoms with van der Waals surface area (Å²) in [6.45, 7) is 11.1. The average Bonchev–Trinajstić information content (AvgIpc) is 2.79. The van der Waals surface area contributed by atoms with E-state index in [1.165, 1.54) is 12.8 Å². The van der Waals surface area contributed by atoms with Crippen LogP contribution in [0.5, 0.6) is 0 Å². The minimum absolute atomic E-state index is 0.219. The Bertz CT molecular complexity index is 260. The molecule has 0 bridgehead atoms. The summed E-state index contributed by atoms with van der Waals surface area (Å²) in [6, 6.07) is 1.25. The molecule has 0 aliphatic carbocycles. The van der Waals surface area contributed by atoms with E-state index in [1.54, 1.807) is 0 Å². The molecule has 1 aliphatic heterocycles. The summed E-state index contributed by atoms with van der Waals surface area (Å²) >= 11 is 0. The lowest BCUT2D eigenvalue weighted by molar-refractivity contribution is -0.133. The quantitative estimate of drug-likeness (QED) is 0.777. The third-order valence-corrected chi connectivity index (χ3v) is 3.85. The fourth-order valence-corrected chi connectivity index (χ4v) is 2.23. The van der Waals surface area contributed by atoms with Crippen LogP contribution in [-0.4, -0.2) is 60.5 Å². The zero-order valence-electron chi connectivity index (χ0n) is 12.6. The van der Waals surface area contributed by atoms with E-state index < -0.39 is 0 Å². The van der Waals surface area contributed by atoms with Crippen LogP contribution in [0.2, 0.25) is 0 Å². The molecule has 1 saturated heterocycles. The second kappa shape index (κ2) is 7.10. The largest absolute Gasteiger partial charge is 0.342 e. The summed E-state index contributed by atoms with van der Waals surface area (Å²) < 4.78 is 0. The Morgan fingerprint density at radius 3 is 2.39 bits per heavy atom. The molecule has 1 amide bonds. The van der Waals surface area contributed by atoms with Crippen LogP contribution in [0.15, 0.2) is 0 Å². The number of hydrogen-bond acceptors (Lipinski definition) is 3. The lowest BCUT2D eigenvalue weighted by Crippen LogP contribution is -2.47. The fourth-order valence-electron chi connectivity index (χ4n) is 2.23. The molecule has 1 heterocycles. The Kier molecular flexibility index (Phi) is 6.09. The molecule has 18 heavy (non-hydrogen) atoms. The van der Waals surface area contributed by atoms with Gasteiger partial charge in [-0.3, -0.25) is 9.69 Å². The second-order valence-electron chi connectivity index (χ2n) is 5.91. The molecule has 0 aromatic heterocycles. The van der Waals surface area contributed by atoms with Gasteiger partial charge in [0.2, 0.25) is 5.91 Å². The first-order chi connectivity index (χ1) is 8.41. The summed E-state index contributed by atoms with van der Waals surface area (Å²) in [6.07, 6.45) is 2.49. The van der Waals surface area contributed by atoms with Gasteiger partial charge in [-0.05, 0) is 47.1 Å². The van der Waals surface area contributed by atoms with Gasteiger partial charge in [0.05, 0.1) is 6.54 Å². The highest BCUT2D eigenvalue weighted by Gasteiger charge is 2.23. The highest BCUT2D eigenvalue weighted by Crippen LogP contribution is 2.10. The van der Waals surface area contributed by atoms with Gasteiger partial charge in [0.25, 0.3) is 0 Å². The van der Waals surface area contributed by atoms with Crippen LogP contribution in [0.3, 0.4) is 0 Å². The van der Waals surface area contributed by atoms with E-state index in [9.17, 15) is 4.79 Å². The lowest BCUT2D eigenvalue weighted by Gasteiger charge is -2.31. The minimum atomic E-state index is 0.219. The summed E-state index contributed by atoms with van der Waals surface area (Å²) in [5.74, 6) is 0.219. The van der Waals surface area contributed by atoms with E-state index in [0.29, 0.717) is 18.6 Å². The smallest absolute Gasteiger partial charge is 0.236 e. The monoisotopic (exact) mass is 255 g/mol. The van der Waals surface area contributed by atoms with Crippen molar-refractivity contribution in [3.05, 3.63) is 0 Å². The van der Waals surface area contributed by atoms with Gasteiger partial charge in [-0.25, -0.2) is 0 Å². The maximum Gasteiger partial charge on any atom is 0.236 e. The Balaban J connectivity index is 2.49. The van der Waals surface area contributed by atoms with Crippen molar-refractivity contribution in [2.45, 2.75) is 58.7 Å².